The highest BCUT2D eigenvalue weighted by Crippen LogP contribution is 2.66. The maximum absolute atomic E-state index is 14.7. The molecule has 1 saturated heterocycles. The van der Waals surface area contributed by atoms with Crippen LogP contribution in [0.15, 0.2) is 70.5 Å². The van der Waals surface area contributed by atoms with Gasteiger partial charge in [0, 0.05) is 22.4 Å². The van der Waals surface area contributed by atoms with Crippen molar-refractivity contribution in [3.05, 3.63) is 99.5 Å². The highest BCUT2D eigenvalue weighted by atomic mass is 16.7. The fourth-order valence-corrected chi connectivity index (χ4v) is 7.88. The zero-order valence-electron chi connectivity index (χ0n) is 27.7. The van der Waals surface area contributed by atoms with Gasteiger partial charge < -0.3 is 23.5 Å². The molecule has 0 N–H and O–H groups in total. The number of carbonyl (C=O) groups excluding carboxylic acids is 4. The van der Waals surface area contributed by atoms with Crippen LogP contribution < -0.4 is 9.47 Å². The Morgan fingerprint density at radius 1 is 1.06 bits per heavy atom. The van der Waals surface area contributed by atoms with Crippen molar-refractivity contribution in [3.8, 4) is 11.6 Å². The van der Waals surface area contributed by atoms with E-state index in [4.69, 9.17) is 23.5 Å². The van der Waals surface area contributed by atoms with E-state index in [0.717, 1.165) is 11.8 Å². The number of allylic oxidation sites excluding steroid dienone is 1. The lowest BCUT2D eigenvalue weighted by Crippen LogP contribution is -2.49. The van der Waals surface area contributed by atoms with Crippen LogP contribution in [0.4, 0.5) is 4.79 Å². The molecule has 11 heteroatoms. The number of benzene rings is 3. The van der Waals surface area contributed by atoms with E-state index in [-0.39, 0.29) is 52.8 Å². The molecule has 0 saturated carbocycles. The van der Waals surface area contributed by atoms with Gasteiger partial charge in [0.05, 0.1) is 11.6 Å². The van der Waals surface area contributed by atoms with Crippen molar-refractivity contribution < 1.29 is 42.6 Å². The summed E-state index contributed by atoms with van der Waals surface area (Å²) in [4.78, 5) is 56.3. The molecule has 0 amide bonds. The first-order valence-corrected chi connectivity index (χ1v) is 16.2. The minimum atomic E-state index is -1.38. The third-order valence-electron chi connectivity index (χ3n) is 9.84. The topological polar surface area (TPSA) is 138 Å². The van der Waals surface area contributed by atoms with Gasteiger partial charge in [0.15, 0.2) is 29.3 Å². The zero-order chi connectivity index (χ0) is 34.4. The van der Waals surface area contributed by atoms with E-state index < -0.39 is 23.4 Å². The Labute approximate surface area is 281 Å². The summed E-state index contributed by atoms with van der Waals surface area (Å²) in [6.45, 7) is 5.32. The number of ether oxygens (including phenoxy) is 4. The van der Waals surface area contributed by atoms with E-state index in [1.807, 2.05) is 55.4 Å². The molecule has 2 heterocycles. The van der Waals surface area contributed by atoms with Crippen molar-refractivity contribution in [2.75, 3.05) is 14.1 Å². The summed E-state index contributed by atoms with van der Waals surface area (Å²) in [6, 6.07) is 16.0. The fourth-order valence-electron chi connectivity index (χ4n) is 7.88. The quantitative estimate of drug-likeness (QED) is 0.0977. The number of hydrogen-bond acceptors (Lipinski definition) is 11. The molecule has 1 aromatic heterocycles. The molecular weight excluding hydrogens is 628 g/mol. The average Bonchev–Trinajstić information content (AvgIpc) is 3.67. The van der Waals surface area contributed by atoms with E-state index in [1.165, 1.54) is 0 Å². The fraction of sp³-hybridized carbons (Fsp3) is 0.342. The Balaban J connectivity index is 1.24. The van der Waals surface area contributed by atoms with E-state index in [1.54, 1.807) is 39.0 Å². The number of nitrogens with zero attached hydrogens (tertiary/aromatic N) is 2. The number of Topliss-reactive ketones (excluding diaryl/α,β-unsaturated/α-hetero) is 2. The molecule has 3 aliphatic carbocycles. The number of aldehydes is 1. The number of fused-ring (bicyclic) bond motifs is 4. The predicted octanol–water partition coefficient (Wildman–Crippen LogP) is 6.43. The van der Waals surface area contributed by atoms with Crippen LogP contribution in [0.5, 0.6) is 11.6 Å². The third kappa shape index (κ3) is 4.70. The molecule has 4 aromatic rings. The molecule has 0 radical (unpaired) electrons. The zero-order valence-corrected chi connectivity index (χ0v) is 27.7. The Hall–Kier alpha value is -5.29. The standard InChI is InChI=1S/C38H34N2O9/c1-37(2,3)48-36(44)46-31-23-13-9-12-20(17-41)24(23)15-21-14-22-16-25-29(40(4)5)32-28(35(39-49-32)45-18-19-10-7-6-8-11-19)33(43)38(25)34(47-38)27(22)30(42)26(21)31/h6-13,15,17,22,25,29H,14,16,18H2,1-5H3/t22?,25-,29-,38+/m0/s1. The Morgan fingerprint density at radius 3 is 2.55 bits per heavy atom. The first-order chi connectivity index (χ1) is 23.4. The largest absolute Gasteiger partial charge is 0.514 e. The second kappa shape index (κ2) is 10.9. The lowest BCUT2D eigenvalue weighted by molar-refractivity contribution is 0.0208. The minimum absolute atomic E-state index is 0.0119. The second-order valence-electron chi connectivity index (χ2n) is 14.3. The lowest BCUT2D eigenvalue weighted by atomic mass is 9.61. The van der Waals surface area contributed by atoms with Crippen LogP contribution in [0.2, 0.25) is 0 Å². The van der Waals surface area contributed by atoms with Crippen LogP contribution in [-0.4, -0.2) is 59.4 Å². The maximum atomic E-state index is 14.7. The van der Waals surface area contributed by atoms with Gasteiger partial charge in [-0.1, -0.05) is 48.5 Å². The van der Waals surface area contributed by atoms with Gasteiger partial charge in [-0.2, -0.15) is 0 Å². The van der Waals surface area contributed by atoms with Gasteiger partial charge in [-0.05, 0) is 81.4 Å². The van der Waals surface area contributed by atoms with E-state index >= 15 is 0 Å². The molecule has 8 rings (SSSR count). The highest BCUT2D eigenvalue weighted by molar-refractivity contribution is 6.20. The summed E-state index contributed by atoms with van der Waals surface area (Å²) in [5.74, 6) is -0.600. The van der Waals surface area contributed by atoms with Crippen LogP contribution in [0, 0.1) is 11.8 Å². The van der Waals surface area contributed by atoms with Crippen LogP contribution in [0.25, 0.3) is 10.8 Å². The number of hydrogen-bond donors (Lipinski definition) is 0. The SMILES string of the molecule is CN(C)[C@@H]1c2onc(OCc3ccccc3)c2C(=O)[C@@]23OC2=C2C(=O)c4c(cc5c(C=O)cccc5c4OC(=O)OC(C)(C)C)CC2C[C@@H]13. The Kier molecular flexibility index (Phi) is 6.87. The molecule has 4 aliphatic rings. The van der Waals surface area contributed by atoms with Crippen LogP contribution in [0.1, 0.15) is 81.2 Å². The molecule has 11 nitrogen and oxygen atoms in total. The predicted molar refractivity (Wildman–Crippen MR) is 175 cm³/mol. The molecule has 3 aromatic carbocycles. The molecule has 1 fully saturated rings. The van der Waals surface area contributed by atoms with Gasteiger partial charge in [0.2, 0.25) is 11.4 Å². The van der Waals surface area contributed by atoms with E-state index in [0.29, 0.717) is 51.8 Å². The third-order valence-corrected chi connectivity index (χ3v) is 9.84. The van der Waals surface area contributed by atoms with Crippen molar-refractivity contribution in [3.63, 3.8) is 0 Å². The van der Waals surface area contributed by atoms with Gasteiger partial charge in [-0.15, -0.1) is 0 Å². The van der Waals surface area contributed by atoms with Crippen molar-refractivity contribution in [2.24, 2.45) is 11.8 Å². The number of epoxide rings is 1. The smallest absolute Gasteiger partial charge is 0.470 e. The monoisotopic (exact) mass is 662 g/mol. The first-order valence-electron chi connectivity index (χ1n) is 16.2. The number of aromatic nitrogens is 1. The molecule has 49 heavy (non-hydrogen) atoms. The molecule has 0 bridgehead atoms. The van der Waals surface area contributed by atoms with Gasteiger partial charge in [0.1, 0.15) is 17.8 Å². The summed E-state index contributed by atoms with van der Waals surface area (Å²) in [7, 11) is 3.81. The Morgan fingerprint density at radius 2 is 1.84 bits per heavy atom. The van der Waals surface area contributed by atoms with Crippen molar-refractivity contribution in [1.82, 2.24) is 10.1 Å². The maximum Gasteiger partial charge on any atom is 0.514 e. The minimum Gasteiger partial charge on any atom is -0.470 e. The molecule has 1 unspecified atom stereocenters. The number of rotatable bonds is 6. The Bertz CT molecular complexity index is 2120. The van der Waals surface area contributed by atoms with Gasteiger partial charge in [0.25, 0.3) is 5.88 Å². The van der Waals surface area contributed by atoms with Crippen LogP contribution in [0.3, 0.4) is 0 Å². The van der Waals surface area contributed by atoms with E-state index in [2.05, 4.69) is 5.16 Å². The molecule has 1 aliphatic heterocycles. The second-order valence-corrected chi connectivity index (χ2v) is 14.3. The summed E-state index contributed by atoms with van der Waals surface area (Å²) in [5, 5.41) is 5.16. The molecule has 250 valence electrons. The summed E-state index contributed by atoms with van der Waals surface area (Å²) in [5.41, 5.74) is 0.487. The first kappa shape index (κ1) is 31.0. The van der Waals surface area contributed by atoms with Crippen molar-refractivity contribution in [1.29, 1.82) is 0 Å². The molecular formula is C38H34N2O9. The highest BCUT2D eigenvalue weighted by Gasteiger charge is 2.75. The van der Waals surface area contributed by atoms with Gasteiger partial charge >= 0.3 is 6.16 Å². The van der Waals surface area contributed by atoms with Crippen molar-refractivity contribution in [2.45, 2.75) is 57.5 Å². The van der Waals surface area contributed by atoms with Crippen LogP contribution >= 0.6 is 0 Å². The van der Waals surface area contributed by atoms with Crippen LogP contribution in [-0.2, 0) is 22.5 Å². The van der Waals surface area contributed by atoms with Gasteiger partial charge in [-0.25, -0.2) is 4.79 Å². The van der Waals surface area contributed by atoms with E-state index in [9.17, 15) is 19.2 Å². The summed E-state index contributed by atoms with van der Waals surface area (Å²) in [6.07, 6.45) is 0.592. The molecule has 4 atom stereocenters. The van der Waals surface area contributed by atoms with Gasteiger partial charge in [-0.3, -0.25) is 19.3 Å². The summed E-state index contributed by atoms with van der Waals surface area (Å²) < 4.78 is 29.5. The number of carbonyl (C=O) groups is 4. The average molecular weight is 663 g/mol. The molecule has 1 spiro atoms. The number of ketones is 2. The lowest BCUT2D eigenvalue weighted by Gasteiger charge is -2.41. The van der Waals surface area contributed by atoms with Crippen molar-refractivity contribution >= 4 is 34.8 Å². The summed E-state index contributed by atoms with van der Waals surface area (Å²) >= 11 is 0. The normalized spacial score (nSPS) is 23.5.